The van der Waals surface area contributed by atoms with Crippen LogP contribution in [0.25, 0.3) is 0 Å². The van der Waals surface area contributed by atoms with Crippen molar-refractivity contribution in [3.8, 4) is 0 Å². The summed E-state index contributed by atoms with van der Waals surface area (Å²) < 4.78 is 0. The Morgan fingerprint density at radius 3 is 2.50 bits per heavy atom. The highest BCUT2D eigenvalue weighted by molar-refractivity contribution is 7.11. The molecule has 24 heavy (non-hydrogen) atoms. The van der Waals surface area contributed by atoms with Gasteiger partial charge in [-0.1, -0.05) is 20.3 Å². The Kier molecular flexibility index (Phi) is 6.68. The molecular formula is C18H30ClN3OS. The minimum absolute atomic E-state index is 0. The minimum atomic E-state index is 0. The molecule has 1 amide bonds. The Bertz CT molecular complexity index is 561. The van der Waals surface area contributed by atoms with E-state index in [0.717, 1.165) is 23.5 Å². The maximum Gasteiger partial charge on any atom is 0.223 e. The van der Waals surface area contributed by atoms with Crippen molar-refractivity contribution in [1.29, 1.82) is 0 Å². The second kappa shape index (κ2) is 8.15. The van der Waals surface area contributed by atoms with Gasteiger partial charge in [0.05, 0.1) is 12.2 Å². The predicted octanol–water partition coefficient (Wildman–Crippen LogP) is 3.77. The molecule has 0 spiro atoms. The Hall–Kier alpha value is -0.650. The molecule has 4 nitrogen and oxygen atoms in total. The third-order valence-corrected chi connectivity index (χ3v) is 6.61. The van der Waals surface area contributed by atoms with Crippen LogP contribution in [0.4, 0.5) is 0 Å². The molecule has 3 N–H and O–H groups in total. The number of nitrogens with zero attached hydrogens (tertiary/aromatic N) is 1. The first-order valence-electron chi connectivity index (χ1n) is 8.95. The number of hydrogen-bond acceptors (Lipinski definition) is 4. The van der Waals surface area contributed by atoms with Gasteiger partial charge in [0.25, 0.3) is 0 Å². The Labute approximate surface area is 155 Å². The topological polar surface area (TPSA) is 68.0 Å². The van der Waals surface area contributed by atoms with Gasteiger partial charge in [-0.05, 0) is 50.4 Å². The van der Waals surface area contributed by atoms with Crippen LogP contribution in [0, 0.1) is 24.7 Å². The molecule has 1 aromatic rings. The van der Waals surface area contributed by atoms with E-state index in [1.807, 2.05) is 0 Å². The van der Waals surface area contributed by atoms with Crippen molar-refractivity contribution in [1.82, 2.24) is 10.3 Å². The number of hydrogen-bond donors (Lipinski definition) is 2. The lowest BCUT2D eigenvalue weighted by atomic mass is 9.65. The summed E-state index contributed by atoms with van der Waals surface area (Å²) >= 11 is 1.70. The summed E-state index contributed by atoms with van der Waals surface area (Å²) in [5.41, 5.74) is 7.48. The second-order valence-corrected chi connectivity index (χ2v) is 8.91. The number of amides is 1. The molecule has 1 heterocycles. The first kappa shape index (κ1) is 19.7. The first-order chi connectivity index (χ1) is 11.0. The van der Waals surface area contributed by atoms with Gasteiger partial charge in [-0.3, -0.25) is 4.79 Å². The molecule has 2 unspecified atom stereocenters. The molecule has 2 saturated carbocycles. The van der Waals surface area contributed by atoms with Gasteiger partial charge < -0.3 is 11.1 Å². The summed E-state index contributed by atoms with van der Waals surface area (Å²) in [5, 5.41) is 4.14. The summed E-state index contributed by atoms with van der Waals surface area (Å²) in [6, 6.07) is 0.322. The zero-order chi connectivity index (χ0) is 16.6. The van der Waals surface area contributed by atoms with E-state index in [4.69, 9.17) is 5.73 Å². The van der Waals surface area contributed by atoms with Crippen LogP contribution in [-0.4, -0.2) is 16.9 Å². The molecule has 6 heteroatoms. The maximum atomic E-state index is 12.6. The SMILES string of the molecule is Cc1sc(CNC(=O)C2CC3CCCC(C2)C3N)nc1C(C)C.Cl. The molecule has 0 aliphatic heterocycles. The summed E-state index contributed by atoms with van der Waals surface area (Å²) in [6.45, 7) is 7.00. The minimum Gasteiger partial charge on any atom is -0.349 e. The Balaban J connectivity index is 0.00000208. The van der Waals surface area contributed by atoms with E-state index >= 15 is 0 Å². The van der Waals surface area contributed by atoms with Crippen LogP contribution in [0.2, 0.25) is 0 Å². The standard InChI is InChI=1S/C18H29N3OS.ClH/c1-10(2)17-11(3)23-15(21-17)9-20-18(22)14-7-12-5-4-6-13(8-14)16(12)19;/h10,12-14,16H,4-9,19H2,1-3H3,(H,20,22);1H. The summed E-state index contributed by atoms with van der Waals surface area (Å²) in [6.07, 6.45) is 5.62. The molecule has 2 aliphatic carbocycles. The Morgan fingerprint density at radius 2 is 1.96 bits per heavy atom. The zero-order valence-electron chi connectivity index (χ0n) is 14.9. The van der Waals surface area contributed by atoms with Crippen LogP contribution < -0.4 is 11.1 Å². The van der Waals surface area contributed by atoms with Gasteiger partial charge in [-0.2, -0.15) is 0 Å². The largest absolute Gasteiger partial charge is 0.349 e. The highest BCUT2D eigenvalue weighted by atomic mass is 35.5. The van der Waals surface area contributed by atoms with Crippen molar-refractivity contribution in [2.45, 2.75) is 71.4 Å². The lowest BCUT2D eigenvalue weighted by Crippen LogP contribution is -2.49. The molecule has 2 fully saturated rings. The lowest BCUT2D eigenvalue weighted by Gasteiger charge is -2.43. The van der Waals surface area contributed by atoms with Crippen LogP contribution >= 0.6 is 23.7 Å². The second-order valence-electron chi connectivity index (χ2n) is 7.62. The maximum absolute atomic E-state index is 12.6. The molecule has 2 aliphatic rings. The fraction of sp³-hybridized carbons (Fsp3) is 0.778. The van der Waals surface area contributed by atoms with E-state index in [-0.39, 0.29) is 24.2 Å². The van der Waals surface area contributed by atoms with E-state index < -0.39 is 0 Å². The average molecular weight is 372 g/mol. The third kappa shape index (κ3) is 4.12. The van der Waals surface area contributed by atoms with E-state index in [1.165, 1.54) is 24.1 Å². The molecule has 1 aromatic heterocycles. The number of rotatable bonds is 4. The van der Waals surface area contributed by atoms with Gasteiger partial charge in [-0.15, -0.1) is 23.7 Å². The average Bonchev–Trinajstić information content (AvgIpc) is 2.86. The van der Waals surface area contributed by atoms with E-state index in [9.17, 15) is 4.79 Å². The number of carbonyl (C=O) groups excluding carboxylic acids is 1. The smallest absolute Gasteiger partial charge is 0.223 e. The molecule has 2 bridgehead atoms. The van der Waals surface area contributed by atoms with Gasteiger partial charge in [-0.25, -0.2) is 4.98 Å². The fourth-order valence-electron chi connectivity index (χ4n) is 4.39. The van der Waals surface area contributed by atoms with Gasteiger partial charge in [0.2, 0.25) is 5.91 Å². The number of nitrogens with one attached hydrogen (secondary N) is 1. The van der Waals surface area contributed by atoms with Crippen LogP contribution in [-0.2, 0) is 11.3 Å². The normalized spacial score (nSPS) is 29.2. The van der Waals surface area contributed by atoms with E-state index in [1.54, 1.807) is 11.3 Å². The van der Waals surface area contributed by atoms with Crippen LogP contribution in [0.1, 0.15) is 67.4 Å². The Morgan fingerprint density at radius 1 is 1.33 bits per heavy atom. The predicted molar refractivity (Wildman–Crippen MR) is 102 cm³/mol. The van der Waals surface area contributed by atoms with Gasteiger partial charge in [0.15, 0.2) is 0 Å². The number of aryl methyl sites for hydroxylation is 1. The quantitative estimate of drug-likeness (QED) is 0.846. The van der Waals surface area contributed by atoms with Crippen molar-refractivity contribution in [2.24, 2.45) is 23.5 Å². The molecule has 2 atom stereocenters. The van der Waals surface area contributed by atoms with Crippen molar-refractivity contribution >= 4 is 29.7 Å². The van der Waals surface area contributed by atoms with Crippen molar-refractivity contribution < 1.29 is 4.79 Å². The monoisotopic (exact) mass is 371 g/mol. The van der Waals surface area contributed by atoms with Crippen molar-refractivity contribution in [2.75, 3.05) is 0 Å². The number of nitrogens with two attached hydrogens (primary N) is 1. The zero-order valence-corrected chi connectivity index (χ0v) is 16.5. The number of thiazole rings is 1. The lowest BCUT2D eigenvalue weighted by molar-refractivity contribution is -0.128. The van der Waals surface area contributed by atoms with Gasteiger partial charge in [0, 0.05) is 16.8 Å². The van der Waals surface area contributed by atoms with E-state index in [2.05, 4.69) is 31.1 Å². The summed E-state index contributed by atoms with van der Waals surface area (Å²) in [7, 11) is 0. The summed E-state index contributed by atoms with van der Waals surface area (Å²) in [4.78, 5) is 18.5. The molecule has 3 rings (SSSR count). The molecule has 0 saturated heterocycles. The third-order valence-electron chi connectivity index (χ3n) is 5.62. The van der Waals surface area contributed by atoms with Crippen molar-refractivity contribution in [3.63, 3.8) is 0 Å². The van der Waals surface area contributed by atoms with Crippen LogP contribution in [0.3, 0.4) is 0 Å². The van der Waals surface area contributed by atoms with Crippen molar-refractivity contribution in [3.05, 3.63) is 15.6 Å². The van der Waals surface area contributed by atoms with Crippen LogP contribution in [0.5, 0.6) is 0 Å². The fourth-order valence-corrected chi connectivity index (χ4v) is 5.41. The number of fused-ring (bicyclic) bond motifs is 2. The molecule has 0 aromatic carbocycles. The first-order valence-corrected chi connectivity index (χ1v) is 9.76. The molecular weight excluding hydrogens is 342 g/mol. The molecule has 136 valence electrons. The highest BCUT2D eigenvalue weighted by Crippen LogP contribution is 2.41. The van der Waals surface area contributed by atoms with E-state index in [0.29, 0.717) is 30.3 Å². The number of carbonyl (C=O) groups is 1. The highest BCUT2D eigenvalue weighted by Gasteiger charge is 2.40. The van der Waals surface area contributed by atoms with Gasteiger partial charge >= 0.3 is 0 Å². The van der Waals surface area contributed by atoms with Gasteiger partial charge in [0.1, 0.15) is 5.01 Å². The number of halogens is 1. The summed E-state index contributed by atoms with van der Waals surface area (Å²) in [5.74, 6) is 1.89. The molecule has 0 radical (unpaired) electrons. The van der Waals surface area contributed by atoms with Crippen LogP contribution in [0.15, 0.2) is 0 Å². The number of aromatic nitrogens is 1.